The molecule has 0 radical (unpaired) electrons. The number of aliphatic hydroxyl groups is 1. The molecule has 8 rings (SSSR count). The van der Waals surface area contributed by atoms with Gasteiger partial charge in [0, 0.05) is 51.6 Å². The quantitative estimate of drug-likeness (QED) is 0.0420. The van der Waals surface area contributed by atoms with E-state index in [4.69, 9.17) is 9.47 Å². The highest BCUT2D eigenvalue weighted by Crippen LogP contribution is 2.37. The number of pyridine rings is 1. The molecular formula is C61H71F2N9O10S. The van der Waals surface area contributed by atoms with E-state index in [0.29, 0.717) is 28.8 Å². The number of amides is 4. The number of Topliss-reactive ketones (excluding diaryl/α,β-unsaturated/α-hetero) is 1. The molecule has 4 N–H and O–H groups in total. The lowest BCUT2D eigenvalue weighted by atomic mass is 9.85. The first-order valence-electron chi connectivity index (χ1n) is 27.6. The summed E-state index contributed by atoms with van der Waals surface area (Å²) in [6.07, 6.45) is 1.20. The van der Waals surface area contributed by atoms with Crippen molar-refractivity contribution in [1.82, 2.24) is 40.0 Å². The summed E-state index contributed by atoms with van der Waals surface area (Å²) in [6.45, 7) is 18.3. The van der Waals surface area contributed by atoms with Crippen molar-refractivity contribution in [2.45, 2.75) is 111 Å². The predicted octanol–water partition coefficient (Wildman–Crippen LogP) is 7.00. The summed E-state index contributed by atoms with van der Waals surface area (Å²) in [4.78, 5) is 100. The van der Waals surface area contributed by atoms with Gasteiger partial charge in [0.15, 0.2) is 17.2 Å². The average molecular weight is 1160 g/mol. The van der Waals surface area contributed by atoms with Crippen molar-refractivity contribution in [2.24, 2.45) is 5.41 Å². The number of thiazole rings is 1. The van der Waals surface area contributed by atoms with Crippen molar-refractivity contribution in [3.63, 3.8) is 0 Å². The zero-order valence-electron chi connectivity index (χ0n) is 48.0. The summed E-state index contributed by atoms with van der Waals surface area (Å²) in [6, 6.07) is 14.1. The second kappa shape index (κ2) is 26.2. The highest BCUT2D eigenvalue weighted by atomic mass is 32.1. The van der Waals surface area contributed by atoms with Gasteiger partial charge in [-0.25, -0.2) is 28.1 Å². The summed E-state index contributed by atoms with van der Waals surface area (Å²) in [5.41, 5.74) is 4.47. The third kappa shape index (κ3) is 14.0. The van der Waals surface area contributed by atoms with E-state index in [1.165, 1.54) is 27.7 Å². The van der Waals surface area contributed by atoms with Gasteiger partial charge in [0.2, 0.25) is 23.6 Å². The topological polar surface area (TPSA) is 239 Å². The van der Waals surface area contributed by atoms with Crippen LogP contribution in [0.15, 0.2) is 83.6 Å². The third-order valence-electron chi connectivity index (χ3n) is 15.2. The number of β-amino-alcohol motifs (C(OH)–C–C–N with tert-alkyl or cyclic N) is 1. The normalized spacial score (nSPS) is 17.1. The summed E-state index contributed by atoms with van der Waals surface area (Å²) in [7, 11) is 0. The Labute approximate surface area is 484 Å². The number of nitrogens with one attached hydrogen (secondary N) is 2. The Balaban J connectivity index is 0.841. The van der Waals surface area contributed by atoms with Crippen molar-refractivity contribution < 1.29 is 52.4 Å². The van der Waals surface area contributed by atoms with Crippen LogP contribution in [0, 0.1) is 37.8 Å². The van der Waals surface area contributed by atoms with E-state index in [0.717, 1.165) is 33.8 Å². The smallest absolute Gasteiger partial charge is 0.355 e. The van der Waals surface area contributed by atoms with Crippen LogP contribution in [0.2, 0.25) is 0 Å². The number of ketones is 1. The number of benzene rings is 3. The van der Waals surface area contributed by atoms with Gasteiger partial charge in [-0.15, -0.1) is 11.3 Å². The predicted molar refractivity (Wildman–Crippen MR) is 311 cm³/mol. The summed E-state index contributed by atoms with van der Waals surface area (Å²) in [5.74, 6) is -4.19. The summed E-state index contributed by atoms with van der Waals surface area (Å²) in [5, 5.41) is 27.1. The largest absolute Gasteiger partial charge is 0.507 e. The first-order chi connectivity index (χ1) is 39.4. The molecule has 6 aromatic rings. The van der Waals surface area contributed by atoms with Gasteiger partial charge in [0.1, 0.15) is 42.3 Å². The Kier molecular flexibility index (Phi) is 19.3. The van der Waals surface area contributed by atoms with Gasteiger partial charge in [-0.3, -0.25) is 24.0 Å². The minimum Gasteiger partial charge on any atom is -0.507 e. The van der Waals surface area contributed by atoms with Crippen molar-refractivity contribution in [3.05, 3.63) is 129 Å². The van der Waals surface area contributed by atoms with Gasteiger partial charge >= 0.3 is 5.69 Å². The standard InChI is InChI=1S/C61H71F2N9O10S/c1-10-51(78)69-20-21-70(37(5)29-69)57-43-27-45(63)53(52-44(62)12-11-13-48(52)75)67-58(43)72(60(80)68-57)54-35(3)24-39(25-36(54)4)28-64-49(76)31-81-22-23-82-32-50(77)66-56(61(7,8)9)59(79)71-30-42(73)26-46(71)47(74)19-14-34(2)40-15-17-41(18-16-40)55-38(6)65-33-83-55/h10-13,15-18,24-25,27,33-34,37,42,46,56,73,75H,1,14,19-23,26,28-32H2,2-9H3,(H,64,76)(H,66,77)/t34-,37+,42-,46+,56-/m1/s1. The number of ether oxygens (including phenoxy) is 2. The molecule has 5 atom stereocenters. The molecule has 0 spiro atoms. The Morgan fingerprint density at radius 2 is 1.61 bits per heavy atom. The molecule has 2 aliphatic heterocycles. The highest BCUT2D eigenvalue weighted by Gasteiger charge is 2.44. The molecule has 0 saturated carbocycles. The molecule has 2 fully saturated rings. The fourth-order valence-electron chi connectivity index (χ4n) is 10.9. The SMILES string of the molecule is C=CC(=O)N1CCN(c2nc(=O)n(-c3c(C)cc(CNC(=O)COCCOCC(=O)N[C@H](C(=O)N4C[C@H](O)C[C@H]4C(=O)CC[C@@H](C)c4ccc(-c5scnc5C)cc4)C(C)(C)C)cc3C)c3nc(-c4c(O)cccc4F)c(F)cc23)[C@@H](C)C1. The van der Waals surface area contributed by atoms with E-state index in [1.807, 2.05) is 19.4 Å². The summed E-state index contributed by atoms with van der Waals surface area (Å²) < 4.78 is 43.8. The Morgan fingerprint density at radius 3 is 2.24 bits per heavy atom. The molecule has 440 valence electrons. The Bertz CT molecular complexity index is 3450. The molecule has 22 heteroatoms. The first kappa shape index (κ1) is 61.3. The fraction of sp³-hybridized carbons (Fsp3) is 0.426. The molecule has 2 saturated heterocycles. The number of phenolic OH excluding ortho intramolecular Hbond substituents is 1. The number of nitrogens with zero attached hydrogens (tertiary/aromatic N) is 7. The van der Waals surface area contributed by atoms with Crippen molar-refractivity contribution in [1.29, 1.82) is 0 Å². The number of aliphatic hydroxyl groups excluding tert-OH is 1. The number of halogens is 2. The maximum Gasteiger partial charge on any atom is 0.355 e. The van der Waals surface area contributed by atoms with Gasteiger partial charge in [-0.1, -0.05) is 76.7 Å². The van der Waals surface area contributed by atoms with Crippen LogP contribution < -0.4 is 21.2 Å². The molecular weight excluding hydrogens is 1090 g/mol. The number of anilines is 1. The molecule has 83 heavy (non-hydrogen) atoms. The molecule has 0 aliphatic carbocycles. The van der Waals surface area contributed by atoms with Crippen LogP contribution >= 0.6 is 11.3 Å². The lowest BCUT2D eigenvalue weighted by Crippen LogP contribution is -2.57. The Hall–Kier alpha value is -7.79. The van der Waals surface area contributed by atoms with Crippen LogP contribution in [0.5, 0.6) is 5.75 Å². The number of fused-ring (bicyclic) bond motifs is 1. The minimum absolute atomic E-state index is 0.0360. The maximum absolute atomic E-state index is 16.2. The van der Waals surface area contributed by atoms with E-state index in [-0.39, 0.29) is 106 Å². The van der Waals surface area contributed by atoms with Crippen LogP contribution in [0.1, 0.15) is 87.7 Å². The molecule has 4 amide bonds. The number of rotatable bonds is 21. The maximum atomic E-state index is 16.2. The molecule has 19 nitrogen and oxygen atoms in total. The number of hydrogen-bond acceptors (Lipinski definition) is 15. The van der Waals surface area contributed by atoms with Crippen molar-refractivity contribution >= 4 is 57.6 Å². The first-order valence-corrected chi connectivity index (χ1v) is 28.5. The third-order valence-corrected chi connectivity index (χ3v) is 16.2. The molecule has 3 aromatic heterocycles. The number of likely N-dealkylation sites (tertiary alicyclic amines) is 1. The second-order valence-corrected chi connectivity index (χ2v) is 23.3. The second-order valence-electron chi connectivity index (χ2n) is 22.4. The number of aromatic hydroxyl groups is 1. The van der Waals surface area contributed by atoms with Gasteiger partial charge in [0.25, 0.3) is 0 Å². The number of phenols is 1. The Morgan fingerprint density at radius 1 is 0.928 bits per heavy atom. The number of aromatic nitrogens is 4. The molecule has 3 aromatic carbocycles. The van der Waals surface area contributed by atoms with E-state index >= 15 is 8.78 Å². The van der Waals surface area contributed by atoms with Crippen LogP contribution in [0.4, 0.5) is 14.6 Å². The highest BCUT2D eigenvalue weighted by molar-refractivity contribution is 7.13. The molecule has 2 aliphatic rings. The van der Waals surface area contributed by atoms with Crippen LogP contribution in [-0.2, 0) is 40.0 Å². The van der Waals surface area contributed by atoms with Gasteiger partial charge < -0.3 is 45.0 Å². The lowest BCUT2D eigenvalue weighted by Gasteiger charge is -2.40. The molecule has 0 bridgehead atoms. The van der Waals surface area contributed by atoms with E-state index in [1.54, 1.807) is 67.9 Å². The average Bonchev–Trinajstić information content (AvgIpc) is 3.32. The lowest BCUT2D eigenvalue weighted by molar-refractivity contribution is -0.144. The zero-order valence-corrected chi connectivity index (χ0v) is 48.8. The molecule has 0 unspecified atom stereocenters. The molecule has 5 heterocycles. The van der Waals surface area contributed by atoms with Gasteiger partial charge in [-0.05, 0) is 97.5 Å². The fourth-order valence-corrected chi connectivity index (χ4v) is 11.7. The van der Waals surface area contributed by atoms with Gasteiger partial charge in [0.05, 0.1) is 58.1 Å². The zero-order chi connectivity index (χ0) is 60.0. The number of aryl methyl sites for hydroxylation is 3. The monoisotopic (exact) mass is 1160 g/mol. The van der Waals surface area contributed by atoms with E-state index in [9.17, 15) is 39.0 Å². The minimum atomic E-state index is -1.03. The van der Waals surface area contributed by atoms with Crippen molar-refractivity contribution in [2.75, 3.05) is 57.5 Å². The number of hydrogen-bond donors (Lipinski definition) is 4. The number of carbonyl (C=O) groups is 5. The van der Waals surface area contributed by atoms with Gasteiger partial charge in [-0.2, -0.15) is 4.98 Å². The number of carbonyl (C=O) groups excluding carboxylic acids is 5. The van der Waals surface area contributed by atoms with Crippen LogP contribution in [-0.4, -0.2) is 146 Å². The van der Waals surface area contributed by atoms with E-state index < -0.39 is 82.3 Å². The summed E-state index contributed by atoms with van der Waals surface area (Å²) >= 11 is 1.59. The van der Waals surface area contributed by atoms with E-state index in [2.05, 4.69) is 63.4 Å². The van der Waals surface area contributed by atoms with Crippen LogP contribution in [0.3, 0.4) is 0 Å². The van der Waals surface area contributed by atoms with Crippen LogP contribution in [0.25, 0.3) is 38.4 Å². The number of piperazine rings is 1. The van der Waals surface area contributed by atoms with Crippen molar-refractivity contribution in [3.8, 4) is 33.1 Å².